The second kappa shape index (κ2) is 6.19. The molecule has 3 amide bonds. The molecule has 114 valence electrons. The Balaban J connectivity index is 1.62. The maximum Gasteiger partial charge on any atom is 0.321 e. The van der Waals surface area contributed by atoms with Gasteiger partial charge in [0.2, 0.25) is 0 Å². The van der Waals surface area contributed by atoms with Gasteiger partial charge in [-0.15, -0.1) is 0 Å². The molecule has 0 unspecified atom stereocenters. The number of halogens is 1. The third kappa shape index (κ3) is 3.46. The van der Waals surface area contributed by atoms with Gasteiger partial charge in [0, 0.05) is 17.6 Å². The van der Waals surface area contributed by atoms with Crippen LogP contribution in [0, 0.1) is 0 Å². The van der Waals surface area contributed by atoms with Crippen molar-refractivity contribution in [3.63, 3.8) is 0 Å². The summed E-state index contributed by atoms with van der Waals surface area (Å²) in [5.41, 5.74) is 0.574. The number of hydrogen-bond donors (Lipinski definition) is 2. The summed E-state index contributed by atoms with van der Waals surface area (Å²) in [6.45, 7) is -0.272. The molecule has 1 fully saturated rings. The van der Waals surface area contributed by atoms with E-state index in [-0.39, 0.29) is 12.6 Å². The molecule has 0 atom stereocenters. The molecule has 1 aromatic carbocycles. The second-order valence-corrected chi connectivity index (χ2v) is 5.44. The normalized spacial score (nSPS) is 13.7. The molecule has 1 aromatic heterocycles. The highest BCUT2D eigenvalue weighted by Crippen LogP contribution is 2.29. The lowest BCUT2D eigenvalue weighted by Crippen LogP contribution is -2.42. The fourth-order valence-electron chi connectivity index (χ4n) is 1.98. The number of nitrogens with one attached hydrogen (secondary N) is 2. The van der Waals surface area contributed by atoms with Crippen molar-refractivity contribution < 1.29 is 14.3 Å². The van der Waals surface area contributed by atoms with Crippen molar-refractivity contribution in [2.75, 3.05) is 6.61 Å². The van der Waals surface area contributed by atoms with Crippen LogP contribution in [0.4, 0.5) is 4.79 Å². The summed E-state index contributed by atoms with van der Waals surface area (Å²) >= 11 is 6.09. The summed E-state index contributed by atoms with van der Waals surface area (Å²) in [4.78, 5) is 27.3. The number of urea groups is 1. The van der Waals surface area contributed by atoms with Gasteiger partial charge in [-0.2, -0.15) is 0 Å². The maximum absolute atomic E-state index is 11.7. The predicted molar refractivity (Wildman–Crippen MR) is 81.9 cm³/mol. The zero-order valence-corrected chi connectivity index (χ0v) is 12.4. The van der Waals surface area contributed by atoms with E-state index in [1.54, 1.807) is 24.4 Å². The van der Waals surface area contributed by atoms with Crippen LogP contribution >= 0.6 is 11.6 Å². The Hall–Kier alpha value is -2.34. The molecule has 0 spiro atoms. The molecule has 2 N–H and O–H groups in total. The number of ether oxygens (including phenoxy) is 1. The van der Waals surface area contributed by atoms with E-state index in [1.807, 2.05) is 6.07 Å². The number of benzene rings is 1. The Morgan fingerprint density at radius 1 is 1.32 bits per heavy atom. The molecule has 7 heteroatoms. The van der Waals surface area contributed by atoms with E-state index in [2.05, 4.69) is 15.6 Å². The van der Waals surface area contributed by atoms with Gasteiger partial charge in [0.1, 0.15) is 11.3 Å². The number of carbonyl (C=O) groups is 2. The van der Waals surface area contributed by atoms with Gasteiger partial charge < -0.3 is 10.1 Å². The van der Waals surface area contributed by atoms with Crippen LogP contribution in [0.2, 0.25) is 5.02 Å². The lowest BCUT2D eigenvalue weighted by atomic mass is 10.2. The van der Waals surface area contributed by atoms with E-state index in [0.29, 0.717) is 16.3 Å². The molecule has 22 heavy (non-hydrogen) atoms. The SMILES string of the molecule is O=C(COc1ccc(Cl)c2cccnc12)NC(=O)NC1CC1. The van der Waals surface area contributed by atoms with Gasteiger partial charge in [0.15, 0.2) is 6.61 Å². The number of hydrogen-bond acceptors (Lipinski definition) is 4. The van der Waals surface area contributed by atoms with E-state index in [0.717, 1.165) is 18.2 Å². The topological polar surface area (TPSA) is 80.3 Å². The molecule has 1 aliphatic rings. The first-order valence-electron chi connectivity index (χ1n) is 6.90. The van der Waals surface area contributed by atoms with Gasteiger partial charge in [-0.05, 0) is 37.1 Å². The van der Waals surface area contributed by atoms with Crippen LogP contribution in [0.25, 0.3) is 10.9 Å². The predicted octanol–water partition coefficient (Wildman–Crippen LogP) is 2.26. The van der Waals surface area contributed by atoms with Crippen LogP contribution in [-0.2, 0) is 4.79 Å². The van der Waals surface area contributed by atoms with E-state index in [1.165, 1.54) is 0 Å². The second-order valence-electron chi connectivity index (χ2n) is 5.03. The quantitative estimate of drug-likeness (QED) is 0.905. The van der Waals surface area contributed by atoms with Crippen molar-refractivity contribution in [2.24, 2.45) is 0 Å². The summed E-state index contributed by atoms with van der Waals surface area (Å²) in [7, 11) is 0. The lowest BCUT2D eigenvalue weighted by molar-refractivity contribution is -0.121. The van der Waals surface area contributed by atoms with E-state index in [4.69, 9.17) is 16.3 Å². The number of rotatable bonds is 4. The van der Waals surface area contributed by atoms with Crippen LogP contribution in [0.1, 0.15) is 12.8 Å². The van der Waals surface area contributed by atoms with E-state index >= 15 is 0 Å². The highest BCUT2D eigenvalue weighted by atomic mass is 35.5. The number of carbonyl (C=O) groups excluding carboxylic acids is 2. The molecule has 0 saturated heterocycles. The van der Waals surface area contributed by atoms with Crippen LogP contribution in [-0.4, -0.2) is 29.6 Å². The summed E-state index contributed by atoms with van der Waals surface area (Å²) < 4.78 is 5.44. The van der Waals surface area contributed by atoms with Crippen LogP contribution in [0.5, 0.6) is 5.75 Å². The number of aromatic nitrogens is 1. The maximum atomic E-state index is 11.7. The first-order chi connectivity index (χ1) is 10.6. The van der Waals surface area contributed by atoms with Crippen molar-refractivity contribution >= 4 is 34.4 Å². The van der Waals surface area contributed by atoms with Gasteiger partial charge in [0.05, 0.1) is 5.02 Å². The summed E-state index contributed by atoms with van der Waals surface area (Å²) in [5.74, 6) is -0.0741. The molecule has 1 heterocycles. The van der Waals surface area contributed by atoms with Crippen molar-refractivity contribution in [3.8, 4) is 5.75 Å². The number of imide groups is 1. The molecule has 0 aliphatic heterocycles. The first kappa shape index (κ1) is 14.6. The number of nitrogens with zero attached hydrogens (tertiary/aromatic N) is 1. The molecule has 0 bridgehead atoms. The number of fused-ring (bicyclic) bond motifs is 1. The molecule has 6 nitrogen and oxygen atoms in total. The third-order valence-electron chi connectivity index (χ3n) is 3.20. The molecule has 1 saturated carbocycles. The molecular weight excluding hydrogens is 306 g/mol. The Bertz CT molecular complexity index is 731. The van der Waals surface area contributed by atoms with Crippen molar-refractivity contribution in [3.05, 3.63) is 35.5 Å². The molecule has 1 aliphatic carbocycles. The Morgan fingerprint density at radius 3 is 2.91 bits per heavy atom. The first-order valence-corrected chi connectivity index (χ1v) is 7.27. The highest BCUT2D eigenvalue weighted by molar-refractivity contribution is 6.35. The van der Waals surface area contributed by atoms with Crippen molar-refractivity contribution in [2.45, 2.75) is 18.9 Å². The van der Waals surface area contributed by atoms with Crippen LogP contribution in [0.15, 0.2) is 30.5 Å². The molecular formula is C15H14ClN3O3. The highest BCUT2D eigenvalue weighted by Gasteiger charge is 2.24. The Morgan fingerprint density at radius 2 is 2.14 bits per heavy atom. The zero-order valence-electron chi connectivity index (χ0n) is 11.6. The fourth-order valence-corrected chi connectivity index (χ4v) is 2.20. The van der Waals surface area contributed by atoms with Crippen LogP contribution < -0.4 is 15.4 Å². The van der Waals surface area contributed by atoms with Crippen LogP contribution in [0.3, 0.4) is 0 Å². The van der Waals surface area contributed by atoms with Crippen molar-refractivity contribution in [1.29, 1.82) is 0 Å². The van der Waals surface area contributed by atoms with Gasteiger partial charge in [-0.3, -0.25) is 15.1 Å². The van der Waals surface area contributed by atoms with Crippen molar-refractivity contribution in [1.82, 2.24) is 15.6 Å². The number of amides is 3. The summed E-state index contributed by atoms with van der Waals surface area (Å²) in [6.07, 6.45) is 3.54. The standard InChI is InChI=1S/C15H14ClN3O3/c16-11-5-6-12(14-10(11)2-1-7-17-14)22-8-13(20)19-15(21)18-9-3-4-9/h1-2,5-7,9H,3-4,8H2,(H2,18,19,20,21). The minimum absolute atomic E-state index is 0.193. The molecule has 3 rings (SSSR count). The number of pyridine rings is 1. The smallest absolute Gasteiger partial charge is 0.321 e. The summed E-state index contributed by atoms with van der Waals surface area (Å²) in [6, 6.07) is 6.62. The van der Waals surface area contributed by atoms with Gasteiger partial charge in [0.25, 0.3) is 5.91 Å². The monoisotopic (exact) mass is 319 g/mol. The minimum Gasteiger partial charge on any atom is -0.481 e. The Labute approximate surface area is 131 Å². The Kier molecular flexibility index (Phi) is 4.11. The summed E-state index contributed by atoms with van der Waals surface area (Å²) in [5, 5.41) is 6.19. The van der Waals surface area contributed by atoms with Gasteiger partial charge in [-0.1, -0.05) is 11.6 Å². The average Bonchev–Trinajstić information content (AvgIpc) is 3.30. The third-order valence-corrected chi connectivity index (χ3v) is 3.53. The molecule has 0 radical (unpaired) electrons. The largest absolute Gasteiger partial charge is 0.481 e. The van der Waals surface area contributed by atoms with E-state index in [9.17, 15) is 9.59 Å². The minimum atomic E-state index is -0.516. The van der Waals surface area contributed by atoms with E-state index < -0.39 is 11.9 Å². The van der Waals surface area contributed by atoms with Gasteiger partial charge >= 0.3 is 6.03 Å². The average molecular weight is 320 g/mol. The molecule has 2 aromatic rings. The zero-order chi connectivity index (χ0) is 15.5. The van der Waals surface area contributed by atoms with Gasteiger partial charge in [-0.25, -0.2) is 4.79 Å². The fraction of sp³-hybridized carbons (Fsp3) is 0.267. The lowest BCUT2D eigenvalue weighted by Gasteiger charge is -2.10.